The molecular weight excluding hydrogens is 367 g/mol. The third-order valence-electron chi connectivity index (χ3n) is 4.81. The van der Waals surface area contributed by atoms with Gasteiger partial charge < -0.3 is 9.64 Å². The Balaban J connectivity index is 1.76. The summed E-state index contributed by atoms with van der Waals surface area (Å²) < 4.78 is 36.3. The van der Waals surface area contributed by atoms with Crippen molar-refractivity contribution in [3.63, 3.8) is 0 Å². The Morgan fingerprint density at radius 1 is 1.44 bits per heavy atom. The number of carbonyl (C=O) groups excluding carboxylic acids is 1. The lowest BCUT2D eigenvalue weighted by Crippen LogP contribution is -2.56. The molecule has 3 rings (SSSR count). The van der Waals surface area contributed by atoms with E-state index in [0.29, 0.717) is 50.6 Å². The van der Waals surface area contributed by atoms with Crippen molar-refractivity contribution >= 4 is 27.2 Å². The summed E-state index contributed by atoms with van der Waals surface area (Å²) >= 11 is 6.06. The van der Waals surface area contributed by atoms with Gasteiger partial charge in [-0.15, -0.1) is 0 Å². The van der Waals surface area contributed by atoms with Crippen LogP contribution in [-0.2, 0) is 14.5 Å². The summed E-state index contributed by atoms with van der Waals surface area (Å²) in [5, 5.41) is 0.236. The Morgan fingerprint density at radius 3 is 2.84 bits per heavy atom. The monoisotopic (exact) mass is 388 g/mol. The summed E-state index contributed by atoms with van der Waals surface area (Å²) in [6, 6.07) is 3.79. The number of hydrogen-bond donors (Lipinski definition) is 0. The third kappa shape index (κ3) is 3.99. The number of carbonyl (C=O) groups is 1. The van der Waals surface area contributed by atoms with Gasteiger partial charge in [0.15, 0.2) is 0 Å². The van der Waals surface area contributed by atoms with Crippen molar-refractivity contribution in [2.45, 2.75) is 25.4 Å². The Morgan fingerprint density at radius 2 is 2.16 bits per heavy atom. The molecule has 0 N–H and O–H groups in total. The first kappa shape index (κ1) is 18.6. The van der Waals surface area contributed by atoms with Crippen molar-refractivity contribution in [3.8, 4) is 0 Å². The Labute approximate surface area is 152 Å². The fourth-order valence-corrected chi connectivity index (χ4v) is 5.95. The van der Waals surface area contributed by atoms with Gasteiger partial charge in [0.05, 0.1) is 29.3 Å². The van der Waals surface area contributed by atoms with Crippen LogP contribution in [0.5, 0.6) is 0 Å². The topological polar surface area (TPSA) is 59.0 Å². The lowest BCUT2D eigenvalue weighted by atomic mass is 9.94. The number of nitrogens with zero attached hydrogens (tertiary/aromatic N) is 2. The molecule has 1 aromatic rings. The molecule has 1 amide bonds. The number of rotatable bonds is 2. The Hall–Kier alpha value is -1.18. The quantitative estimate of drug-likeness (QED) is 0.782. The van der Waals surface area contributed by atoms with Crippen molar-refractivity contribution in [1.82, 2.24) is 4.90 Å². The van der Waals surface area contributed by atoms with E-state index < -0.39 is 21.1 Å². The van der Waals surface area contributed by atoms with Crippen LogP contribution < -0.4 is 0 Å². The zero-order valence-corrected chi connectivity index (χ0v) is 15.7. The number of benzene rings is 1. The number of halogens is 2. The van der Waals surface area contributed by atoms with Gasteiger partial charge in [-0.05, 0) is 38.0 Å². The van der Waals surface area contributed by atoms with E-state index in [2.05, 4.69) is 4.36 Å². The average molecular weight is 389 g/mol. The van der Waals surface area contributed by atoms with Crippen LogP contribution in [0.25, 0.3) is 0 Å². The zero-order valence-electron chi connectivity index (χ0n) is 14.2. The second kappa shape index (κ2) is 7.21. The first-order valence-corrected chi connectivity index (χ1v) is 10.7. The van der Waals surface area contributed by atoms with Crippen molar-refractivity contribution in [3.05, 3.63) is 34.6 Å². The molecule has 0 atom stereocenters. The van der Waals surface area contributed by atoms with Crippen molar-refractivity contribution in [2.75, 3.05) is 37.7 Å². The highest BCUT2D eigenvalue weighted by molar-refractivity contribution is 7.93. The first-order chi connectivity index (χ1) is 11.9. The number of morpholine rings is 1. The summed E-state index contributed by atoms with van der Waals surface area (Å²) in [5.41, 5.74) is -0.322. The minimum Gasteiger partial charge on any atom is -0.371 e. The standard InChI is InChI=1S/C17H22ClFN2O3S/c1-2-20-25(23)9-5-17(6-10-25)12-21(7-8-24-17)16(22)14-11-13(19)3-4-15(14)18/h3-4,11H,2,5-10,12H2,1H3. The molecule has 2 aliphatic heterocycles. The molecule has 0 saturated carbocycles. The fraction of sp³-hybridized carbons (Fsp3) is 0.588. The van der Waals surface area contributed by atoms with Crippen LogP contribution in [0.2, 0.25) is 5.02 Å². The lowest BCUT2D eigenvalue weighted by molar-refractivity contribution is -0.104. The maximum atomic E-state index is 13.5. The summed E-state index contributed by atoms with van der Waals surface area (Å²) in [6.45, 7) is 3.68. The van der Waals surface area contributed by atoms with E-state index in [9.17, 15) is 13.4 Å². The van der Waals surface area contributed by atoms with Crippen LogP contribution in [-0.4, -0.2) is 58.4 Å². The van der Waals surface area contributed by atoms with Gasteiger partial charge in [0, 0.05) is 34.3 Å². The predicted octanol–water partition coefficient (Wildman–Crippen LogP) is 2.97. The maximum absolute atomic E-state index is 13.5. The summed E-state index contributed by atoms with van der Waals surface area (Å²) in [4.78, 5) is 14.4. The number of hydrogen-bond acceptors (Lipinski definition) is 4. The van der Waals surface area contributed by atoms with E-state index in [1.165, 1.54) is 18.2 Å². The lowest BCUT2D eigenvalue weighted by Gasteiger charge is -2.45. The maximum Gasteiger partial charge on any atom is 0.255 e. The van der Waals surface area contributed by atoms with Gasteiger partial charge >= 0.3 is 0 Å². The molecule has 0 aliphatic carbocycles. The highest BCUT2D eigenvalue weighted by Gasteiger charge is 2.42. The van der Waals surface area contributed by atoms with Crippen LogP contribution in [0.15, 0.2) is 22.6 Å². The van der Waals surface area contributed by atoms with Crippen LogP contribution in [0.1, 0.15) is 30.1 Å². The van der Waals surface area contributed by atoms with Gasteiger partial charge in [0.2, 0.25) is 0 Å². The third-order valence-corrected chi connectivity index (χ3v) is 7.55. The van der Waals surface area contributed by atoms with E-state index >= 15 is 0 Å². The summed E-state index contributed by atoms with van der Waals surface area (Å²) in [7, 11) is -2.15. The van der Waals surface area contributed by atoms with E-state index in [1.54, 1.807) is 4.90 Å². The van der Waals surface area contributed by atoms with Crippen LogP contribution in [0, 0.1) is 5.82 Å². The molecule has 25 heavy (non-hydrogen) atoms. The Bertz CT molecular complexity index is 778. The molecule has 2 fully saturated rings. The molecule has 5 nitrogen and oxygen atoms in total. The molecular formula is C17H22ClFN2O3S. The number of amides is 1. The van der Waals surface area contributed by atoms with E-state index in [0.717, 1.165) is 0 Å². The minimum absolute atomic E-state index is 0.166. The number of ether oxygens (including phenoxy) is 1. The van der Waals surface area contributed by atoms with Gasteiger partial charge in [-0.3, -0.25) is 4.79 Å². The fourth-order valence-electron chi connectivity index (χ4n) is 3.43. The van der Waals surface area contributed by atoms with Crippen LogP contribution >= 0.6 is 11.6 Å². The summed E-state index contributed by atoms with van der Waals surface area (Å²) in [6.07, 6.45) is 1.21. The van der Waals surface area contributed by atoms with Crippen molar-refractivity contribution in [2.24, 2.45) is 4.36 Å². The molecule has 0 unspecified atom stereocenters. The zero-order chi connectivity index (χ0) is 18.1. The normalized spacial score (nSPS) is 29.6. The largest absolute Gasteiger partial charge is 0.371 e. The molecule has 2 saturated heterocycles. The molecule has 1 aromatic carbocycles. The molecule has 0 bridgehead atoms. The molecule has 2 heterocycles. The first-order valence-electron chi connectivity index (χ1n) is 8.43. The van der Waals surface area contributed by atoms with E-state index in [4.69, 9.17) is 16.3 Å². The molecule has 1 spiro atoms. The van der Waals surface area contributed by atoms with Gasteiger partial charge in [-0.1, -0.05) is 11.6 Å². The predicted molar refractivity (Wildman–Crippen MR) is 96.1 cm³/mol. The molecule has 8 heteroatoms. The SMILES string of the molecule is CCN=S1(=O)CCC2(CC1)CN(C(=O)c1cc(F)ccc1Cl)CCO2. The minimum atomic E-state index is -2.15. The summed E-state index contributed by atoms with van der Waals surface area (Å²) in [5.74, 6) is 0.193. The van der Waals surface area contributed by atoms with Gasteiger partial charge in [-0.2, -0.15) is 0 Å². The highest BCUT2D eigenvalue weighted by atomic mass is 35.5. The highest BCUT2D eigenvalue weighted by Crippen LogP contribution is 2.33. The van der Waals surface area contributed by atoms with Gasteiger partial charge in [0.1, 0.15) is 5.82 Å². The Kier molecular flexibility index (Phi) is 5.37. The van der Waals surface area contributed by atoms with Crippen molar-refractivity contribution in [1.29, 1.82) is 0 Å². The molecule has 138 valence electrons. The van der Waals surface area contributed by atoms with Gasteiger partial charge in [-0.25, -0.2) is 13.0 Å². The van der Waals surface area contributed by atoms with E-state index in [-0.39, 0.29) is 16.5 Å². The van der Waals surface area contributed by atoms with Gasteiger partial charge in [0.25, 0.3) is 5.91 Å². The molecule has 0 radical (unpaired) electrons. The molecule has 0 aromatic heterocycles. The average Bonchev–Trinajstić information content (AvgIpc) is 2.60. The second-order valence-corrected chi connectivity index (χ2v) is 9.54. The van der Waals surface area contributed by atoms with E-state index in [1.807, 2.05) is 6.92 Å². The van der Waals surface area contributed by atoms with Crippen LogP contribution in [0.4, 0.5) is 4.39 Å². The van der Waals surface area contributed by atoms with Crippen LogP contribution in [0.3, 0.4) is 0 Å². The second-order valence-electron chi connectivity index (χ2n) is 6.51. The molecule has 2 aliphatic rings. The van der Waals surface area contributed by atoms with Crippen molar-refractivity contribution < 1.29 is 18.1 Å². The smallest absolute Gasteiger partial charge is 0.255 e.